The lowest BCUT2D eigenvalue weighted by Crippen LogP contribution is -2.49. The minimum absolute atomic E-state index is 0.0599. The predicted octanol–water partition coefficient (Wildman–Crippen LogP) is 3.05. The maximum absolute atomic E-state index is 12.2. The van der Waals surface area contributed by atoms with Gasteiger partial charge in [0.2, 0.25) is 0 Å². The molecular weight excluding hydrogens is 357 g/mol. The highest BCUT2D eigenvalue weighted by molar-refractivity contribution is 14.1. The fraction of sp³-hybridized carbons (Fsp3) is 0.429. The molecule has 1 amide bonds. The second-order valence-corrected chi connectivity index (χ2v) is 5.77. The summed E-state index contributed by atoms with van der Waals surface area (Å²) in [7, 11) is 0. The molecule has 2 N–H and O–H groups in total. The summed E-state index contributed by atoms with van der Waals surface area (Å²) in [6, 6.07) is 7.23. The van der Waals surface area contributed by atoms with Crippen molar-refractivity contribution < 1.29 is 14.7 Å². The molecule has 0 radical (unpaired) electrons. The number of hydrogen-bond donors (Lipinski definition) is 2. The summed E-state index contributed by atoms with van der Waals surface area (Å²) in [4.78, 5) is 23.2. The smallest absolute Gasteiger partial charge is 0.305 e. The number of carbonyl (C=O) groups is 2. The average molecular weight is 375 g/mol. The highest BCUT2D eigenvalue weighted by Crippen LogP contribution is 2.21. The van der Waals surface area contributed by atoms with Crippen LogP contribution in [0.25, 0.3) is 0 Å². The van der Waals surface area contributed by atoms with Crippen LogP contribution >= 0.6 is 22.6 Å². The molecule has 104 valence electrons. The lowest BCUT2D eigenvalue weighted by molar-refractivity contribution is -0.138. The zero-order valence-corrected chi connectivity index (χ0v) is 13.2. The molecule has 19 heavy (non-hydrogen) atoms. The van der Waals surface area contributed by atoms with Crippen LogP contribution in [0.2, 0.25) is 0 Å². The van der Waals surface area contributed by atoms with Gasteiger partial charge in [0.15, 0.2) is 0 Å². The molecule has 0 aliphatic carbocycles. The third-order valence-corrected chi connectivity index (χ3v) is 3.98. The zero-order valence-electron chi connectivity index (χ0n) is 11.1. The molecule has 1 aromatic carbocycles. The number of hydrogen-bond acceptors (Lipinski definition) is 2. The van der Waals surface area contributed by atoms with Crippen molar-refractivity contribution >= 4 is 34.5 Å². The molecule has 1 rings (SSSR count). The monoisotopic (exact) mass is 375 g/mol. The number of benzene rings is 1. The van der Waals surface area contributed by atoms with Crippen LogP contribution in [0.4, 0.5) is 0 Å². The molecule has 4 nitrogen and oxygen atoms in total. The Bertz CT molecular complexity index is 470. The Hall–Kier alpha value is -1.11. The van der Waals surface area contributed by atoms with Gasteiger partial charge in [-0.15, -0.1) is 0 Å². The first-order valence-electron chi connectivity index (χ1n) is 6.22. The van der Waals surface area contributed by atoms with Crippen molar-refractivity contribution in [1.82, 2.24) is 5.32 Å². The maximum atomic E-state index is 12.2. The van der Waals surface area contributed by atoms with Crippen LogP contribution in [0, 0.1) is 3.57 Å². The van der Waals surface area contributed by atoms with Gasteiger partial charge in [-0.25, -0.2) is 0 Å². The van der Waals surface area contributed by atoms with Crippen LogP contribution in [0.1, 0.15) is 43.5 Å². The van der Waals surface area contributed by atoms with Gasteiger partial charge < -0.3 is 10.4 Å². The Kier molecular flexibility index (Phi) is 5.78. The van der Waals surface area contributed by atoms with Gasteiger partial charge in [0.25, 0.3) is 5.91 Å². The molecule has 0 atom stereocenters. The highest BCUT2D eigenvalue weighted by atomic mass is 127. The van der Waals surface area contributed by atoms with E-state index in [-0.39, 0.29) is 12.3 Å². The Morgan fingerprint density at radius 3 is 2.42 bits per heavy atom. The van der Waals surface area contributed by atoms with Gasteiger partial charge in [-0.3, -0.25) is 9.59 Å². The fourth-order valence-corrected chi connectivity index (χ4v) is 2.50. The molecule has 1 aromatic rings. The van der Waals surface area contributed by atoms with Crippen LogP contribution in [0.15, 0.2) is 24.3 Å². The summed E-state index contributed by atoms with van der Waals surface area (Å²) in [6.07, 6.45) is 1.12. The van der Waals surface area contributed by atoms with Crippen LogP contribution in [0.5, 0.6) is 0 Å². The summed E-state index contributed by atoms with van der Waals surface area (Å²) >= 11 is 2.14. The second-order valence-electron chi connectivity index (χ2n) is 4.52. The molecule has 0 saturated carbocycles. The van der Waals surface area contributed by atoms with Crippen LogP contribution in [-0.4, -0.2) is 22.5 Å². The Balaban J connectivity index is 2.90. The first kappa shape index (κ1) is 15.9. The molecule has 0 aliphatic rings. The standard InChI is InChI=1S/C14H18INO3/c1-3-14(4-2,9-12(17)18)16-13(19)10-6-5-7-11(15)8-10/h5-8H,3-4,9H2,1-2H3,(H,16,19)(H,17,18). The molecule has 0 saturated heterocycles. The number of amides is 1. The first-order chi connectivity index (χ1) is 8.92. The molecular formula is C14H18INO3. The average Bonchev–Trinajstić information content (AvgIpc) is 2.37. The maximum Gasteiger partial charge on any atom is 0.305 e. The minimum Gasteiger partial charge on any atom is -0.481 e. The number of carboxylic acids is 1. The van der Waals surface area contributed by atoms with E-state index in [0.29, 0.717) is 18.4 Å². The van der Waals surface area contributed by atoms with Crippen molar-refractivity contribution in [3.8, 4) is 0 Å². The number of carbonyl (C=O) groups excluding carboxylic acids is 1. The summed E-state index contributed by atoms with van der Waals surface area (Å²) < 4.78 is 0.974. The van der Waals surface area contributed by atoms with Crippen molar-refractivity contribution in [1.29, 1.82) is 0 Å². The number of carboxylic acid groups (broad SMARTS) is 1. The molecule has 0 heterocycles. The van der Waals surface area contributed by atoms with Gasteiger partial charge in [-0.1, -0.05) is 19.9 Å². The van der Waals surface area contributed by atoms with Crippen LogP contribution in [0.3, 0.4) is 0 Å². The number of nitrogens with one attached hydrogen (secondary N) is 1. The molecule has 0 aliphatic heterocycles. The SMILES string of the molecule is CCC(CC)(CC(=O)O)NC(=O)c1cccc(I)c1. The minimum atomic E-state index is -0.897. The highest BCUT2D eigenvalue weighted by Gasteiger charge is 2.31. The van der Waals surface area contributed by atoms with Gasteiger partial charge in [0.05, 0.1) is 12.0 Å². The van der Waals surface area contributed by atoms with Gasteiger partial charge in [0, 0.05) is 9.13 Å². The van der Waals surface area contributed by atoms with Crippen molar-refractivity contribution in [2.24, 2.45) is 0 Å². The van der Waals surface area contributed by atoms with E-state index in [1.165, 1.54) is 0 Å². The molecule has 0 fully saturated rings. The molecule has 0 bridgehead atoms. The van der Waals surface area contributed by atoms with Crippen molar-refractivity contribution in [3.63, 3.8) is 0 Å². The van der Waals surface area contributed by atoms with E-state index in [4.69, 9.17) is 5.11 Å². The van der Waals surface area contributed by atoms with Crippen molar-refractivity contribution in [2.75, 3.05) is 0 Å². The number of halogens is 1. The summed E-state index contributed by atoms with van der Waals surface area (Å²) in [5.41, 5.74) is -0.118. The van der Waals surface area contributed by atoms with E-state index in [9.17, 15) is 9.59 Å². The van der Waals surface area contributed by atoms with Gasteiger partial charge in [0.1, 0.15) is 0 Å². The topological polar surface area (TPSA) is 66.4 Å². The normalized spacial score (nSPS) is 11.1. The van der Waals surface area contributed by atoms with Gasteiger partial charge in [-0.05, 0) is 53.6 Å². The molecule has 0 aromatic heterocycles. The second kappa shape index (κ2) is 6.88. The van der Waals surface area contributed by atoms with E-state index in [1.54, 1.807) is 12.1 Å². The summed E-state index contributed by atoms with van der Waals surface area (Å²) in [5, 5.41) is 11.9. The molecule has 5 heteroatoms. The number of rotatable bonds is 6. The third kappa shape index (κ3) is 4.49. The van der Waals surface area contributed by atoms with E-state index < -0.39 is 11.5 Å². The third-order valence-electron chi connectivity index (χ3n) is 3.31. The Morgan fingerprint density at radius 2 is 1.95 bits per heavy atom. The lowest BCUT2D eigenvalue weighted by Gasteiger charge is -2.31. The summed E-state index contributed by atoms with van der Waals surface area (Å²) in [6.45, 7) is 3.78. The molecule has 0 unspecified atom stereocenters. The lowest BCUT2D eigenvalue weighted by atomic mass is 9.88. The van der Waals surface area contributed by atoms with E-state index >= 15 is 0 Å². The fourth-order valence-electron chi connectivity index (χ4n) is 1.95. The zero-order chi connectivity index (χ0) is 14.5. The van der Waals surface area contributed by atoms with Crippen molar-refractivity contribution in [2.45, 2.75) is 38.6 Å². The Morgan fingerprint density at radius 1 is 1.32 bits per heavy atom. The van der Waals surface area contributed by atoms with Crippen molar-refractivity contribution in [3.05, 3.63) is 33.4 Å². The number of aliphatic carboxylic acids is 1. The quantitative estimate of drug-likeness (QED) is 0.752. The van der Waals surface area contributed by atoms with E-state index in [2.05, 4.69) is 27.9 Å². The van der Waals surface area contributed by atoms with Gasteiger partial charge in [-0.2, -0.15) is 0 Å². The van der Waals surface area contributed by atoms with Crippen LogP contribution < -0.4 is 5.32 Å². The van der Waals surface area contributed by atoms with E-state index in [1.807, 2.05) is 26.0 Å². The predicted molar refractivity (Wildman–Crippen MR) is 82.2 cm³/mol. The first-order valence-corrected chi connectivity index (χ1v) is 7.30. The summed E-state index contributed by atoms with van der Waals surface area (Å²) in [5.74, 6) is -1.12. The van der Waals surface area contributed by atoms with Crippen LogP contribution in [-0.2, 0) is 4.79 Å². The molecule has 0 spiro atoms. The van der Waals surface area contributed by atoms with E-state index in [0.717, 1.165) is 3.57 Å². The Labute approximate surface area is 126 Å². The van der Waals surface area contributed by atoms with Gasteiger partial charge >= 0.3 is 5.97 Å². The largest absolute Gasteiger partial charge is 0.481 e.